The zero-order valence-corrected chi connectivity index (χ0v) is 9.96. The maximum absolute atomic E-state index is 5.64. The van der Waals surface area contributed by atoms with E-state index in [0.717, 1.165) is 6.42 Å². The van der Waals surface area contributed by atoms with Crippen LogP contribution >= 0.6 is 22.9 Å². The fourth-order valence-electron chi connectivity index (χ4n) is 1.17. The number of hydrogen-bond acceptors (Lipinski definition) is 5. The Morgan fingerprint density at radius 3 is 3.12 bits per heavy atom. The molecular formula is C10H10ClN3OS. The van der Waals surface area contributed by atoms with Crippen LogP contribution in [-0.4, -0.2) is 16.6 Å². The van der Waals surface area contributed by atoms with Gasteiger partial charge in [0.2, 0.25) is 11.2 Å². The summed E-state index contributed by atoms with van der Waals surface area (Å²) in [6.07, 6.45) is 2.27. The summed E-state index contributed by atoms with van der Waals surface area (Å²) in [7, 11) is 0. The summed E-state index contributed by atoms with van der Waals surface area (Å²) < 4.78 is 5.44. The van der Waals surface area contributed by atoms with Crippen molar-refractivity contribution >= 4 is 28.6 Å². The van der Waals surface area contributed by atoms with E-state index in [1.54, 1.807) is 11.3 Å². The minimum absolute atomic E-state index is 0.139. The van der Waals surface area contributed by atoms with E-state index in [1.807, 2.05) is 11.4 Å². The van der Waals surface area contributed by atoms with Crippen LogP contribution in [0.3, 0.4) is 0 Å². The Hall–Kier alpha value is -1.33. The van der Waals surface area contributed by atoms with E-state index in [1.165, 1.54) is 11.1 Å². The van der Waals surface area contributed by atoms with Gasteiger partial charge in [-0.3, -0.25) is 0 Å². The van der Waals surface area contributed by atoms with Gasteiger partial charge in [-0.05, 0) is 23.0 Å². The van der Waals surface area contributed by atoms with Gasteiger partial charge in [0.05, 0.1) is 12.8 Å². The minimum atomic E-state index is 0.139. The van der Waals surface area contributed by atoms with Gasteiger partial charge in [0.15, 0.2) is 0 Å². The first kappa shape index (κ1) is 11.2. The Balaban J connectivity index is 1.92. The smallest absolute Gasteiger partial charge is 0.241 e. The molecular weight excluding hydrogens is 246 g/mol. The molecule has 0 atom stereocenters. The largest absolute Gasteiger partial charge is 0.476 e. The Morgan fingerprint density at radius 1 is 1.50 bits per heavy atom. The molecule has 2 heterocycles. The van der Waals surface area contributed by atoms with Crippen LogP contribution in [0.5, 0.6) is 5.88 Å². The van der Waals surface area contributed by atoms with Gasteiger partial charge < -0.3 is 10.5 Å². The van der Waals surface area contributed by atoms with Crippen LogP contribution in [0.15, 0.2) is 23.7 Å². The predicted molar refractivity (Wildman–Crippen MR) is 65.0 cm³/mol. The summed E-state index contributed by atoms with van der Waals surface area (Å²) in [5.74, 6) is 0.344. The summed E-state index contributed by atoms with van der Waals surface area (Å²) in [4.78, 5) is 8.91. The second kappa shape index (κ2) is 5.14. The highest BCUT2D eigenvalue weighted by atomic mass is 35.5. The van der Waals surface area contributed by atoms with Gasteiger partial charge in [-0.2, -0.15) is 4.98 Å². The Morgan fingerprint density at radius 2 is 2.38 bits per heavy atom. The highest BCUT2D eigenvalue weighted by molar-refractivity contribution is 7.09. The molecule has 0 aromatic carbocycles. The molecule has 6 heteroatoms. The number of aromatic nitrogens is 2. The van der Waals surface area contributed by atoms with Crippen molar-refractivity contribution < 1.29 is 4.74 Å². The predicted octanol–water partition coefficient (Wildman–Crippen LogP) is 2.40. The number of hydrogen-bond donors (Lipinski definition) is 1. The number of anilines is 1. The van der Waals surface area contributed by atoms with Crippen molar-refractivity contribution in [2.24, 2.45) is 0 Å². The van der Waals surface area contributed by atoms with Crippen molar-refractivity contribution in [1.82, 2.24) is 9.97 Å². The molecule has 0 aliphatic heterocycles. The average Bonchev–Trinajstić information content (AvgIpc) is 2.76. The molecule has 0 bridgehead atoms. The highest BCUT2D eigenvalue weighted by Crippen LogP contribution is 2.19. The average molecular weight is 256 g/mol. The van der Waals surface area contributed by atoms with Crippen molar-refractivity contribution in [3.8, 4) is 5.88 Å². The number of nitrogens with two attached hydrogens (primary N) is 1. The van der Waals surface area contributed by atoms with Gasteiger partial charge in [0.1, 0.15) is 5.69 Å². The summed E-state index contributed by atoms with van der Waals surface area (Å²) in [5, 5.41) is 2.17. The third kappa shape index (κ3) is 2.84. The zero-order valence-electron chi connectivity index (χ0n) is 8.39. The Kier molecular flexibility index (Phi) is 3.58. The molecule has 0 aliphatic rings. The summed E-state index contributed by atoms with van der Waals surface area (Å²) in [6.45, 7) is 0.526. The second-order valence-electron chi connectivity index (χ2n) is 3.08. The first-order chi connectivity index (χ1) is 7.75. The van der Waals surface area contributed by atoms with E-state index in [2.05, 4.69) is 16.0 Å². The lowest BCUT2D eigenvalue weighted by atomic mass is 10.4. The standard InChI is InChI=1S/C10H10ClN3OS/c11-10-13-6-8(12)9(14-10)15-4-3-7-2-1-5-16-7/h1-2,5-6H,3-4,12H2. The van der Waals surface area contributed by atoms with E-state index in [0.29, 0.717) is 18.2 Å². The van der Waals surface area contributed by atoms with E-state index >= 15 is 0 Å². The van der Waals surface area contributed by atoms with E-state index in [4.69, 9.17) is 22.1 Å². The maximum atomic E-state index is 5.64. The summed E-state index contributed by atoms with van der Waals surface area (Å²) >= 11 is 7.33. The van der Waals surface area contributed by atoms with Gasteiger partial charge >= 0.3 is 0 Å². The molecule has 2 N–H and O–H groups in total. The molecule has 0 fully saturated rings. The summed E-state index contributed by atoms with van der Waals surface area (Å²) in [5.41, 5.74) is 6.04. The van der Waals surface area contributed by atoms with Gasteiger partial charge in [0, 0.05) is 11.3 Å². The molecule has 0 spiro atoms. The molecule has 84 valence electrons. The van der Waals surface area contributed by atoms with Crippen molar-refractivity contribution in [2.45, 2.75) is 6.42 Å². The molecule has 0 radical (unpaired) electrons. The Bertz CT molecular complexity index is 461. The van der Waals surface area contributed by atoms with Gasteiger partial charge in [-0.15, -0.1) is 11.3 Å². The molecule has 4 nitrogen and oxygen atoms in total. The molecule has 2 rings (SSSR count). The second-order valence-corrected chi connectivity index (χ2v) is 4.45. The number of ether oxygens (including phenoxy) is 1. The molecule has 0 saturated carbocycles. The van der Waals surface area contributed by atoms with Crippen LogP contribution in [0, 0.1) is 0 Å². The molecule has 16 heavy (non-hydrogen) atoms. The first-order valence-corrected chi connectivity index (χ1v) is 5.94. The highest BCUT2D eigenvalue weighted by Gasteiger charge is 2.04. The van der Waals surface area contributed by atoms with Crippen LogP contribution in [-0.2, 0) is 6.42 Å². The van der Waals surface area contributed by atoms with Crippen molar-refractivity contribution in [2.75, 3.05) is 12.3 Å². The molecule has 0 amide bonds. The Labute approximate surface area is 102 Å². The maximum Gasteiger partial charge on any atom is 0.241 e. The number of nitrogens with zero attached hydrogens (tertiary/aromatic N) is 2. The number of nitrogen functional groups attached to an aromatic ring is 1. The van der Waals surface area contributed by atoms with Crippen LogP contribution in [0.2, 0.25) is 5.28 Å². The fraction of sp³-hybridized carbons (Fsp3) is 0.200. The zero-order chi connectivity index (χ0) is 11.4. The van der Waals surface area contributed by atoms with Crippen molar-refractivity contribution in [3.05, 3.63) is 33.9 Å². The molecule has 2 aromatic rings. The lowest BCUT2D eigenvalue weighted by Gasteiger charge is -2.06. The number of halogens is 1. The van der Waals surface area contributed by atoms with Crippen LogP contribution in [0.25, 0.3) is 0 Å². The lowest BCUT2D eigenvalue weighted by Crippen LogP contribution is -2.05. The minimum Gasteiger partial charge on any atom is -0.476 e. The van der Waals surface area contributed by atoms with E-state index in [-0.39, 0.29) is 5.28 Å². The van der Waals surface area contributed by atoms with Crippen LogP contribution < -0.4 is 10.5 Å². The quantitative estimate of drug-likeness (QED) is 0.853. The van der Waals surface area contributed by atoms with Crippen LogP contribution in [0.1, 0.15) is 4.88 Å². The monoisotopic (exact) mass is 255 g/mol. The number of thiophene rings is 1. The van der Waals surface area contributed by atoms with Gasteiger partial charge in [-0.25, -0.2) is 4.98 Å². The SMILES string of the molecule is Nc1cnc(Cl)nc1OCCc1cccs1. The van der Waals surface area contributed by atoms with E-state index < -0.39 is 0 Å². The van der Waals surface area contributed by atoms with Crippen LogP contribution in [0.4, 0.5) is 5.69 Å². The first-order valence-electron chi connectivity index (χ1n) is 4.69. The molecule has 2 aromatic heterocycles. The lowest BCUT2D eigenvalue weighted by molar-refractivity contribution is 0.312. The normalized spacial score (nSPS) is 10.3. The van der Waals surface area contributed by atoms with Gasteiger partial charge in [-0.1, -0.05) is 6.07 Å². The third-order valence-corrected chi connectivity index (χ3v) is 3.04. The third-order valence-electron chi connectivity index (χ3n) is 1.92. The molecule has 0 aliphatic carbocycles. The van der Waals surface area contributed by atoms with Crippen molar-refractivity contribution in [1.29, 1.82) is 0 Å². The number of rotatable bonds is 4. The molecule has 0 saturated heterocycles. The summed E-state index contributed by atoms with van der Waals surface area (Å²) in [6, 6.07) is 4.07. The topological polar surface area (TPSA) is 61.0 Å². The van der Waals surface area contributed by atoms with E-state index in [9.17, 15) is 0 Å². The molecule has 0 unspecified atom stereocenters. The van der Waals surface area contributed by atoms with Gasteiger partial charge in [0.25, 0.3) is 0 Å². The van der Waals surface area contributed by atoms with Crippen molar-refractivity contribution in [3.63, 3.8) is 0 Å². The fourth-order valence-corrected chi connectivity index (χ4v) is 1.99.